The average molecular weight is 725 g/mol. The Kier molecular flexibility index (Phi) is 9.73. The lowest BCUT2D eigenvalue weighted by atomic mass is 9.95. The lowest BCUT2D eigenvalue weighted by Crippen LogP contribution is -2.54. The molecule has 0 fully saturated rings. The quantitative estimate of drug-likeness (QED) is 0.187. The molecule has 4 N–H and O–H groups in total. The fourth-order valence-corrected chi connectivity index (χ4v) is 5.66. The molecular weight excluding hydrogens is 688 g/mol. The van der Waals surface area contributed by atoms with Gasteiger partial charge in [0.25, 0.3) is 5.91 Å². The highest BCUT2D eigenvalue weighted by molar-refractivity contribution is 6.00. The second-order valence-corrected chi connectivity index (χ2v) is 13.0. The number of fused-ring (bicyclic) bond motifs is 14. The number of aliphatic hydroxyl groups is 1. The minimum Gasteiger partial charge on any atom is -0.446 e. The van der Waals surface area contributed by atoms with E-state index in [0.717, 1.165) is 0 Å². The third-order valence-electron chi connectivity index (χ3n) is 8.92. The number of aromatic nitrogens is 5. The summed E-state index contributed by atoms with van der Waals surface area (Å²) in [5, 5.41) is 18.7. The van der Waals surface area contributed by atoms with Crippen LogP contribution in [0.25, 0.3) is 57.7 Å². The third kappa shape index (κ3) is 7.23. The number of rotatable bonds is 5. The summed E-state index contributed by atoms with van der Waals surface area (Å²) in [6.45, 7) is 6.93. The van der Waals surface area contributed by atoms with Gasteiger partial charge in [0.05, 0.1) is 6.61 Å². The number of oxazole rings is 5. The Hall–Kier alpha value is -6.36. The zero-order valence-electron chi connectivity index (χ0n) is 29.2. The van der Waals surface area contributed by atoms with Crippen LogP contribution in [0.3, 0.4) is 0 Å². The molecule has 3 amide bonds. The third-order valence-corrected chi connectivity index (χ3v) is 8.92. The average Bonchev–Trinajstić information content (AvgIpc) is 4.00. The molecule has 1 unspecified atom stereocenters. The monoisotopic (exact) mass is 724 g/mol. The molecular formula is C36H36N8O9. The van der Waals surface area contributed by atoms with Crippen LogP contribution >= 0.6 is 0 Å². The smallest absolute Gasteiger partial charge is 0.274 e. The Balaban J connectivity index is 1.29. The number of aliphatic hydroxyl groups excluding tert-OH is 1. The van der Waals surface area contributed by atoms with E-state index in [4.69, 9.17) is 22.1 Å². The summed E-state index contributed by atoms with van der Waals surface area (Å²) >= 11 is 0. The zero-order valence-corrected chi connectivity index (χ0v) is 29.2. The van der Waals surface area contributed by atoms with Crippen LogP contribution in [0.4, 0.5) is 0 Å². The molecule has 0 aliphatic carbocycles. The van der Waals surface area contributed by atoms with Gasteiger partial charge in [-0.15, -0.1) is 0 Å². The van der Waals surface area contributed by atoms with E-state index in [1.807, 2.05) is 33.8 Å². The van der Waals surface area contributed by atoms with Crippen molar-refractivity contribution in [3.05, 3.63) is 67.0 Å². The summed E-state index contributed by atoms with van der Waals surface area (Å²) in [5.41, 5.74) is 1.32. The summed E-state index contributed by atoms with van der Waals surface area (Å²) < 4.78 is 28.6. The van der Waals surface area contributed by atoms with E-state index >= 15 is 0 Å². The highest BCUT2D eigenvalue weighted by Gasteiger charge is 2.33. The van der Waals surface area contributed by atoms with Crippen LogP contribution < -0.4 is 16.0 Å². The first-order chi connectivity index (χ1) is 25.6. The van der Waals surface area contributed by atoms with E-state index in [1.54, 1.807) is 24.3 Å². The Morgan fingerprint density at radius 3 is 1.92 bits per heavy atom. The van der Waals surface area contributed by atoms with Gasteiger partial charge in [-0.25, -0.2) is 24.9 Å². The van der Waals surface area contributed by atoms with E-state index < -0.39 is 42.5 Å². The van der Waals surface area contributed by atoms with Crippen molar-refractivity contribution in [3.63, 3.8) is 0 Å². The molecule has 0 saturated heterocycles. The number of hydrogen-bond donors (Lipinski definition) is 4. The first-order valence-corrected chi connectivity index (χ1v) is 17.0. The van der Waals surface area contributed by atoms with E-state index in [9.17, 15) is 19.5 Å². The van der Waals surface area contributed by atoms with Crippen molar-refractivity contribution in [2.24, 2.45) is 11.8 Å². The second kappa shape index (κ2) is 14.7. The zero-order chi connectivity index (χ0) is 37.2. The number of carbonyl (C=O) groups is 3. The molecule has 1 aliphatic heterocycles. The lowest BCUT2D eigenvalue weighted by molar-refractivity contribution is -0.126. The lowest BCUT2D eigenvalue weighted by Gasteiger charge is -2.28. The van der Waals surface area contributed by atoms with Gasteiger partial charge in [0.2, 0.25) is 41.3 Å². The summed E-state index contributed by atoms with van der Waals surface area (Å²) in [6, 6.07) is 6.28. The maximum atomic E-state index is 14.0. The van der Waals surface area contributed by atoms with Gasteiger partial charge >= 0.3 is 0 Å². The fraction of sp³-hybridized carbons (Fsp3) is 0.333. The molecule has 1 aliphatic rings. The molecule has 7 rings (SSSR count). The predicted octanol–water partition coefficient (Wildman–Crippen LogP) is 4.80. The Morgan fingerprint density at radius 1 is 0.755 bits per heavy atom. The van der Waals surface area contributed by atoms with Crippen LogP contribution in [0, 0.1) is 11.8 Å². The van der Waals surface area contributed by atoms with Crippen molar-refractivity contribution in [1.29, 1.82) is 0 Å². The van der Waals surface area contributed by atoms with Gasteiger partial charge in [0.15, 0.2) is 34.2 Å². The molecule has 53 heavy (non-hydrogen) atoms. The number of amides is 3. The standard InChI is InChI=1S/C36H36N8O9/c1-5-18(4)27-30(47)38-20(17(2)3)11-26(46)37-21(12-45)32-39-22(13-49-32)33-40-23(14-50-33)34-41-24(15-51-34)35-42-25(16-52-35)36-44-28(31(48)43-27)29(53-36)19-9-7-6-8-10-19/h6-10,13-18,20-21,27,45H,5,11-12H2,1-4H3,(H,37,46)(H,38,47)(H,43,48)/t18-,20-,21?,27-/m0/s1. The van der Waals surface area contributed by atoms with E-state index in [2.05, 4.69) is 40.9 Å². The highest BCUT2D eigenvalue weighted by atomic mass is 16.4. The predicted molar refractivity (Wildman–Crippen MR) is 184 cm³/mol. The van der Waals surface area contributed by atoms with E-state index in [-0.39, 0.29) is 81.9 Å². The normalized spacial score (nSPS) is 18.8. The number of nitrogens with one attached hydrogen (secondary N) is 3. The van der Waals surface area contributed by atoms with Crippen LogP contribution in [0.1, 0.15) is 63.0 Å². The summed E-state index contributed by atoms with van der Waals surface area (Å²) in [5.74, 6) is -1.73. The topological polar surface area (TPSA) is 238 Å². The van der Waals surface area contributed by atoms with E-state index in [0.29, 0.717) is 12.0 Å². The van der Waals surface area contributed by atoms with Crippen molar-refractivity contribution in [2.75, 3.05) is 6.61 Å². The molecule has 0 spiro atoms. The maximum Gasteiger partial charge on any atom is 0.274 e. The van der Waals surface area contributed by atoms with Crippen LogP contribution in [0.2, 0.25) is 0 Å². The van der Waals surface area contributed by atoms with Crippen molar-refractivity contribution >= 4 is 17.7 Å². The molecule has 4 atom stereocenters. The largest absolute Gasteiger partial charge is 0.446 e. The molecule has 0 saturated carbocycles. The van der Waals surface area contributed by atoms with Crippen molar-refractivity contribution in [2.45, 2.75) is 58.7 Å². The van der Waals surface area contributed by atoms with E-state index in [1.165, 1.54) is 25.1 Å². The summed E-state index contributed by atoms with van der Waals surface area (Å²) in [6.07, 6.45) is 5.63. The summed E-state index contributed by atoms with van der Waals surface area (Å²) in [7, 11) is 0. The van der Waals surface area contributed by atoms with Crippen molar-refractivity contribution in [1.82, 2.24) is 40.9 Å². The van der Waals surface area contributed by atoms with Crippen LogP contribution in [0.5, 0.6) is 0 Å². The van der Waals surface area contributed by atoms with Gasteiger partial charge in [0.1, 0.15) is 37.1 Å². The van der Waals surface area contributed by atoms with Gasteiger partial charge < -0.3 is 43.1 Å². The second-order valence-electron chi connectivity index (χ2n) is 13.0. The van der Waals surface area contributed by atoms with Crippen LogP contribution in [0.15, 0.2) is 77.5 Å². The van der Waals surface area contributed by atoms with Gasteiger partial charge in [-0.2, -0.15) is 0 Å². The Labute approximate surface area is 301 Å². The van der Waals surface area contributed by atoms with Crippen LogP contribution in [-0.2, 0) is 9.59 Å². The Morgan fingerprint density at radius 2 is 1.34 bits per heavy atom. The fourth-order valence-electron chi connectivity index (χ4n) is 5.66. The molecule has 274 valence electrons. The molecule has 6 heterocycles. The molecule has 1 aromatic carbocycles. The van der Waals surface area contributed by atoms with Gasteiger partial charge in [-0.3, -0.25) is 14.4 Å². The number of benzene rings is 1. The minimum absolute atomic E-state index is 0.00893. The molecule has 0 radical (unpaired) electrons. The maximum absolute atomic E-state index is 14.0. The molecule has 17 nitrogen and oxygen atoms in total. The summed E-state index contributed by atoms with van der Waals surface area (Å²) in [4.78, 5) is 63.4. The number of carbonyl (C=O) groups excluding carboxylic acids is 3. The van der Waals surface area contributed by atoms with Gasteiger partial charge in [0, 0.05) is 18.0 Å². The highest BCUT2D eigenvalue weighted by Crippen LogP contribution is 2.33. The minimum atomic E-state index is -1.01. The van der Waals surface area contributed by atoms with Crippen molar-refractivity contribution in [3.8, 4) is 57.7 Å². The first-order valence-electron chi connectivity index (χ1n) is 17.0. The number of hydrogen-bond acceptors (Lipinski definition) is 14. The van der Waals surface area contributed by atoms with Crippen LogP contribution in [-0.4, -0.2) is 66.4 Å². The molecule has 5 aromatic heterocycles. The van der Waals surface area contributed by atoms with Gasteiger partial charge in [-0.1, -0.05) is 64.4 Å². The van der Waals surface area contributed by atoms with Crippen molar-refractivity contribution < 1.29 is 41.6 Å². The number of nitrogens with zero attached hydrogens (tertiary/aromatic N) is 5. The molecule has 6 aromatic rings. The molecule has 17 heteroatoms. The SMILES string of the molecule is CC[C@H](C)[C@@H]1NC(=O)c2nc(oc2-c2ccccc2)-c2coc(n2)-c2coc(n2)-c2coc(n2)-c2coc(n2)C(CO)NC(=O)C[C@@H](C(C)C)NC1=O. The van der Waals surface area contributed by atoms with Gasteiger partial charge in [-0.05, 0) is 11.8 Å². The Bertz CT molecular complexity index is 2230. The molecule has 10 bridgehead atoms. The first kappa shape index (κ1) is 35.1.